The van der Waals surface area contributed by atoms with E-state index < -0.39 is 0 Å². The van der Waals surface area contributed by atoms with Crippen molar-refractivity contribution in [1.29, 1.82) is 0 Å². The van der Waals surface area contributed by atoms with Gasteiger partial charge >= 0.3 is 0 Å². The number of anilines is 1. The van der Waals surface area contributed by atoms with Gasteiger partial charge in [-0.3, -0.25) is 10.1 Å². The number of benzene rings is 2. The predicted octanol–water partition coefficient (Wildman–Crippen LogP) is 4.03. The Bertz CT molecular complexity index is 1200. The van der Waals surface area contributed by atoms with Gasteiger partial charge in [-0.25, -0.2) is 14.6 Å². The second kappa shape index (κ2) is 7.72. The number of thiazole rings is 1. The zero-order valence-corrected chi connectivity index (χ0v) is 17.1. The molecule has 0 bridgehead atoms. The molecule has 8 heteroatoms. The maximum atomic E-state index is 12.9. The molecule has 3 heterocycles. The first-order chi connectivity index (χ1) is 14.7. The van der Waals surface area contributed by atoms with Crippen LogP contribution in [-0.2, 0) is 13.0 Å². The smallest absolute Gasteiger partial charge is 0.257 e. The summed E-state index contributed by atoms with van der Waals surface area (Å²) in [6, 6.07) is 13.6. The van der Waals surface area contributed by atoms with Gasteiger partial charge in [-0.2, -0.15) is 5.10 Å². The Labute approximate surface area is 177 Å². The Hall–Kier alpha value is -3.52. The van der Waals surface area contributed by atoms with E-state index in [1.165, 1.54) is 23.2 Å². The lowest BCUT2D eigenvalue weighted by Crippen LogP contribution is -2.15. The van der Waals surface area contributed by atoms with E-state index in [-0.39, 0.29) is 12.0 Å². The highest BCUT2D eigenvalue weighted by molar-refractivity contribution is 7.14. The van der Waals surface area contributed by atoms with E-state index >= 15 is 0 Å². The molecule has 0 saturated heterocycles. The van der Waals surface area contributed by atoms with Crippen molar-refractivity contribution in [3.05, 3.63) is 77.2 Å². The lowest BCUT2D eigenvalue weighted by atomic mass is 10.1. The second-order valence-electron chi connectivity index (χ2n) is 7.20. The molecule has 30 heavy (non-hydrogen) atoms. The fraction of sp³-hybridized carbons (Fsp3) is 0.182. The number of carbonyl (C=O) groups excluding carboxylic acids is 1. The SMILES string of the molecule is CC1Cc2cc(-c3csc(NC(=O)c4ccccc4Cn4cncn4)n3)ccc2O1. The van der Waals surface area contributed by atoms with E-state index in [0.717, 1.165) is 29.0 Å². The van der Waals surface area contributed by atoms with Crippen molar-refractivity contribution in [2.45, 2.75) is 26.0 Å². The van der Waals surface area contributed by atoms with Crippen LogP contribution in [0.15, 0.2) is 60.5 Å². The summed E-state index contributed by atoms with van der Waals surface area (Å²) in [7, 11) is 0. The third-order valence-corrected chi connectivity index (χ3v) is 5.74. The minimum absolute atomic E-state index is 0.192. The van der Waals surface area contributed by atoms with Crippen molar-refractivity contribution < 1.29 is 9.53 Å². The van der Waals surface area contributed by atoms with Crippen molar-refractivity contribution in [2.24, 2.45) is 0 Å². The number of aromatic nitrogens is 4. The van der Waals surface area contributed by atoms with E-state index in [0.29, 0.717) is 17.2 Å². The molecule has 1 amide bonds. The van der Waals surface area contributed by atoms with Crippen LogP contribution in [0.1, 0.15) is 28.4 Å². The quantitative estimate of drug-likeness (QED) is 0.530. The first kappa shape index (κ1) is 18.5. The monoisotopic (exact) mass is 417 g/mol. The lowest BCUT2D eigenvalue weighted by Gasteiger charge is -2.08. The molecule has 2 aromatic heterocycles. The summed E-state index contributed by atoms with van der Waals surface area (Å²) in [5.74, 6) is 0.752. The summed E-state index contributed by atoms with van der Waals surface area (Å²) < 4.78 is 7.45. The third kappa shape index (κ3) is 3.69. The van der Waals surface area contributed by atoms with Crippen molar-refractivity contribution in [3.8, 4) is 17.0 Å². The number of hydrogen-bond acceptors (Lipinski definition) is 6. The Morgan fingerprint density at radius 3 is 3.07 bits per heavy atom. The average Bonchev–Trinajstić information content (AvgIpc) is 3.48. The van der Waals surface area contributed by atoms with Crippen LogP contribution < -0.4 is 10.1 Å². The molecule has 4 aromatic rings. The van der Waals surface area contributed by atoms with Gasteiger partial charge < -0.3 is 4.74 Å². The van der Waals surface area contributed by atoms with Gasteiger partial charge in [0.15, 0.2) is 5.13 Å². The first-order valence-corrected chi connectivity index (χ1v) is 10.5. The second-order valence-corrected chi connectivity index (χ2v) is 8.06. The Morgan fingerprint density at radius 1 is 1.30 bits per heavy atom. The number of fused-ring (bicyclic) bond motifs is 1. The number of rotatable bonds is 5. The number of ether oxygens (including phenoxy) is 1. The van der Waals surface area contributed by atoms with Crippen LogP contribution in [0.5, 0.6) is 5.75 Å². The molecule has 7 nitrogen and oxygen atoms in total. The van der Waals surface area contributed by atoms with Crippen LogP contribution in [0.2, 0.25) is 0 Å². The third-order valence-electron chi connectivity index (χ3n) is 4.98. The minimum atomic E-state index is -0.192. The largest absolute Gasteiger partial charge is 0.490 e. The molecule has 0 aliphatic carbocycles. The highest BCUT2D eigenvalue weighted by Gasteiger charge is 2.20. The summed E-state index contributed by atoms with van der Waals surface area (Å²) in [6.45, 7) is 2.54. The molecule has 150 valence electrons. The summed E-state index contributed by atoms with van der Waals surface area (Å²) >= 11 is 1.41. The van der Waals surface area contributed by atoms with Gasteiger partial charge in [0.25, 0.3) is 5.91 Å². The van der Waals surface area contributed by atoms with E-state index in [1.54, 1.807) is 17.1 Å². The van der Waals surface area contributed by atoms with Gasteiger partial charge in [0.2, 0.25) is 0 Å². The molecule has 1 N–H and O–H groups in total. The van der Waals surface area contributed by atoms with Crippen molar-refractivity contribution in [2.75, 3.05) is 5.32 Å². The number of carbonyl (C=O) groups is 1. The zero-order valence-electron chi connectivity index (χ0n) is 16.3. The number of amides is 1. The molecule has 1 aliphatic heterocycles. The molecule has 2 aromatic carbocycles. The molecule has 0 saturated carbocycles. The average molecular weight is 417 g/mol. The molecule has 1 aliphatic rings. The van der Waals surface area contributed by atoms with Crippen LogP contribution in [-0.4, -0.2) is 31.8 Å². The standard InChI is InChI=1S/C22H19N5O2S/c1-14-8-17-9-15(6-7-20(17)29-14)19-11-30-22(25-19)26-21(28)18-5-3-2-4-16(18)10-27-13-23-12-24-27/h2-7,9,11-14H,8,10H2,1H3,(H,25,26,28). The summed E-state index contributed by atoms with van der Waals surface area (Å²) in [5, 5.41) is 9.56. The van der Waals surface area contributed by atoms with Crippen molar-refractivity contribution in [1.82, 2.24) is 19.7 Å². The van der Waals surface area contributed by atoms with Gasteiger partial charge in [-0.1, -0.05) is 18.2 Å². The lowest BCUT2D eigenvalue weighted by molar-refractivity contribution is 0.102. The highest BCUT2D eigenvalue weighted by Crippen LogP contribution is 2.34. The van der Waals surface area contributed by atoms with E-state index in [9.17, 15) is 4.79 Å². The molecule has 0 radical (unpaired) electrons. The van der Waals surface area contributed by atoms with E-state index in [1.807, 2.05) is 35.7 Å². The van der Waals surface area contributed by atoms with Gasteiger partial charge in [0.05, 0.1) is 12.2 Å². The zero-order chi connectivity index (χ0) is 20.5. The van der Waals surface area contributed by atoms with Gasteiger partial charge in [0.1, 0.15) is 24.5 Å². The summed E-state index contributed by atoms with van der Waals surface area (Å²) in [5.41, 5.74) is 4.52. The summed E-state index contributed by atoms with van der Waals surface area (Å²) in [4.78, 5) is 21.5. The maximum Gasteiger partial charge on any atom is 0.257 e. The van der Waals surface area contributed by atoms with Crippen molar-refractivity contribution in [3.63, 3.8) is 0 Å². The van der Waals surface area contributed by atoms with Crippen LogP contribution >= 0.6 is 11.3 Å². The van der Waals surface area contributed by atoms with Crippen LogP contribution in [0.3, 0.4) is 0 Å². The van der Waals surface area contributed by atoms with Crippen LogP contribution in [0.4, 0.5) is 5.13 Å². The van der Waals surface area contributed by atoms with Crippen LogP contribution in [0.25, 0.3) is 11.3 Å². The first-order valence-electron chi connectivity index (χ1n) is 9.63. The van der Waals surface area contributed by atoms with Gasteiger partial charge in [-0.15, -0.1) is 11.3 Å². The van der Waals surface area contributed by atoms with E-state index in [4.69, 9.17) is 4.74 Å². The molecular weight excluding hydrogens is 398 g/mol. The molecular formula is C22H19N5O2S. The highest BCUT2D eigenvalue weighted by atomic mass is 32.1. The summed E-state index contributed by atoms with van der Waals surface area (Å²) in [6.07, 6.45) is 4.22. The molecule has 0 spiro atoms. The minimum Gasteiger partial charge on any atom is -0.490 e. The van der Waals surface area contributed by atoms with Gasteiger partial charge in [-0.05, 0) is 42.3 Å². The van der Waals surface area contributed by atoms with Gasteiger partial charge in [0, 0.05) is 22.9 Å². The van der Waals surface area contributed by atoms with E-state index in [2.05, 4.69) is 33.4 Å². The normalized spacial score (nSPS) is 14.9. The number of nitrogens with one attached hydrogen (secondary N) is 1. The topological polar surface area (TPSA) is 81.9 Å². The molecule has 0 fully saturated rings. The molecule has 1 atom stereocenters. The molecule has 5 rings (SSSR count). The fourth-order valence-corrected chi connectivity index (χ4v) is 4.29. The Morgan fingerprint density at radius 2 is 2.20 bits per heavy atom. The fourth-order valence-electron chi connectivity index (χ4n) is 3.58. The van der Waals surface area contributed by atoms with Crippen LogP contribution in [0, 0.1) is 0 Å². The molecule has 1 unspecified atom stereocenters. The number of nitrogens with zero attached hydrogens (tertiary/aromatic N) is 4. The maximum absolute atomic E-state index is 12.9. The predicted molar refractivity (Wildman–Crippen MR) is 115 cm³/mol. The number of hydrogen-bond donors (Lipinski definition) is 1. The Balaban J connectivity index is 1.34. The van der Waals surface area contributed by atoms with Crippen molar-refractivity contribution >= 4 is 22.4 Å². The Kier molecular flexibility index (Phi) is 4.76.